The lowest BCUT2D eigenvalue weighted by Gasteiger charge is -2.10. The third-order valence-electron chi connectivity index (χ3n) is 3.63. The van der Waals surface area contributed by atoms with Crippen molar-refractivity contribution in [2.24, 2.45) is 0 Å². The van der Waals surface area contributed by atoms with Gasteiger partial charge < -0.3 is 5.32 Å². The molecule has 0 spiro atoms. The molecule has 3 rings (SSSR count). The van der Waals surface area contributed by atoms with Gasteiger partial charge >= 0.3 is 0 Å². The van der Waals surface area contributed by atoms with E-state index >= 15 is 0 Å². The van der Waals surface area contributed by atoms with Gasteiger partial charge in [-0.3, -0.25) is 9.59 Å². The Labute approximate surface area is 147 Å². The van der Waals surface area contributed by atoms with Crippen molar-refractivity contribution < 1.29 is 4.79 Å². The maximum absolute atomic E-state index is 12.7. The number of nitrogens with one attached hydrogen (secondary N) is 1. The molecule has 0 saturated carbocycles. The van der Waals surface area contributed by atoms with Gasteiger partial charge in [0.25, 0.3) is 11.5 Å². The summed E-state index contributed by atoms with van der Waals surface area (Å²) in [6.07, 6.45) is 0. The molecule has 0 aliphatic heterocycles. The fourth-order valence-electron chi connectivity index (χ4n) is 2.44. The number of nitrogens with zero attached hydrogens (tertiary/aromatic N) is 2. The average Bonchev–Trinajstić information content (AvgIpc) is 2.60. The van der Waals surface area contributed by atoms with Gasteiger partial charge in [0, 0.05) is 12.4 Å². The molecule has 0 fully saturated rings. The van der Waals surface area contributed by atoms with E-state index in [0.29, 0.717) is 20.8 Å². The van der Waals surface area contributed by atoms with E-state index in [1.54, 1.807) is 42.5 Å². The van der Waals surface area contributed by atoms with Crippen LogP contribution in [0.1, 0.15) is 16.1 Å². The molecule has 0 unspecified atom stereocenters. The molecule has 2 aromatic carbocycles. The Morgan fingerprint density at radius 2 is 1.83 bits per heavy atom. The average molecular weight is 362 g/mol. The van der Waals surface area contributed by atoms with Gasteiger partial charge in [-0.05, 0) is 23.8 Å². The van der Waals surface area contributed by atoms with E-state index in [1.807, 2.05) is 0 Å². The van der Waals surface area contributed by atoms with Crippen LogP contribution >= 0.6 is 23.2 Å². The summed E-state index contributed by atoms with van der Waals surface area (Å²) >= 11 is 11.9. The molecule has 122 valence electrons. The maximum atomic E-state index is 12.7. The van der Waals surface area contributed by atoms with Crippen molar-refractivity contribution in [3.8, 4) is 0 Å². The van der Waals surface area contributed by atoms with Crippen molar-refractivity contribution in [2.75, 3.05) is 7.05 Å². The summed E-state index contributed by atoms with van der Waals surface area (Å²) in [6, 6.07) is 12.0. The van der Waals surface area contributed by atoms with Gasteiger partial charge in [-0.25, -0.2) is 4.68 Å². The molecule has 0 aliphatic rings. The minimum atomic E-state index is -0.353. The molecular weight excluding hydrogens is 349 g/mol. The van der Waals surface area contributed by atoms with Gasteiger partial charge in [-0.1, -0.05) is 47.5 Å². The van der Waals surface area contributed by atoms with Gasteiger partial charge in [0.1, 0.15) is 0 Å². The lowest BCUT2D eigenvalue weighted by atomic mass is 10.1. The first-order valence-electron chi connectivity index (χ1n) is 7.17. The zero-order valence-corrected chi connectivity index (χ0v) is 14.2. The summed E-state index contributed by atoms with van der Waals surface area (Å²) in [5.41, 5.74) is 0.689. The number of benzene rings is 2. The van der Waals surface area contributed by atoms with Crippen LogP contribution < -0.4 is 10.9 Å². The number of hydrogen-bond acceptors (Lipinski definition) is 3. The highest BCUT2D eigenvalue weighted by Gasteiger charge is 2.15. The largest absolute Gasteiger partial charge is 0.354 e. The fraction of sp³-hybridized carbons (Fsp3) is 0.118. The summed E-state index contributed by atoms with van der Waals surface area (Å²) in [6.45, 7) is 0.185. The predicted molar refractivity (Wildman–Crippen MR) is 95.0 cm³/mol. The SMILES string of the molecule is CNC(=O)c1nn(Cc2ccc(Cl)c(Cl)c2)c(=O)c2ccccc12. The molecule has 0 atom stereocenters. The quantitative estimate of drug-likeness (QED) is 0.779. The molecule has 0 aliphatic carbocycles. The van der Waals surface area contributed by atoms with Crippen LogP contribution in [0, 0.1) is 0 Å². The molecule has 0 saturated heterocycles. The van der Waals surface area contributed by atoms with Crippen LogP contribution in [-0.4, -0.2) is 22.7 Å². The van der Waals surface area contributed by atoms with E-state index in [1.165, 1.54) is 11.7 Å². The molecular formula is C17H13Cl2N3O2. The van der Waals surface area contributed by atoms with Gasteiger partial charge in [0.15, 0.2) is 5.69 Å². The second kappa shape index (κ2) is 6.63. The summed E-state index contributed by atoms with van der Waals surface area (Å²) in [7, 11) is 1.52. The van der Waals surface area contributed by atoms with Crippen molar-refractivity contribution in [3.63, 3.8) is 0 Å². The number of carbonyl (C=O) groups excluding carboxylic acids is 1. The molecule has 1 amide bonds. The van der Waals surface area contributed by atoms with Crippen LogP contribution in [0.4, 0.5) is 0 Å². The monoisotopic (exact) mass is 361 g/mol. The summed E-state index contributed by atoms with van der Waals surface area (Å²) in [5.74, 6) is -0.353. The Kier molecular flexibility index (Phi) is 4.55. The second-order valence-electron chi connectivity index (χ2n) is 5.18. The fourth-order valence-corrected chi connectivity index (χ4v) is 2.76. The Balaban J connectivity index is 2.17. The molecule has 1 aromatic heterocycles. The van der Waals surface area contributed by atoms with E-state index in [9.17, 15) is 9.59 Å². The maximum Gasteiger partial charge on any atom is 0.274 e. The summed E-state index contributed by atoms with van der Waals surface area (Å²) in [5, 5.41) is 8.57. The Hall–Kier alpha value is -2.37. The molecule has 0 bridgehead atoms. The standard InChI is InChI=1S/C17H13Cl2N3O2/c1-20-16(23)15-11-4-2-3-5-12(11)17(24)22(21-15)9-10-6-7-13(18)14(19)8-10/h2-8H,9H2,1H3,(H,20,23). The van der Waals surface area contributed by atoms with E-state index in [4.69, 9.17) is 23.2 Å². The number of halogens is 2. The molecule has 1 N–H and O–H groups in total. The van der Waals surface area contributed by atoms with E-state index in [0.717, 1.165) is 5.56 Å². The van der Waals surface area contributed by atoms with Crippen LogP contribution in [-0.2, 0) is 6.54 Å². The van der Waals surface area contributed by atoms with Crippen molar-refractivity contribution in [1.29, 1.82) is 0 Å². The molecule has 1 heterocycles. The minimum absolute atomic E-state index is 0.185. The zero-order chi connectivity index (χ0) is 17.3. The van der Waals surface area contributed by atoms with Crippen LogP contribution in [0.3, 0.4) is 0 Å². The smallest absolute Gasteiger partial charge is 0.274 e. The molecule has 7 heteroatoms. The lowest BCUT2D eigenvalue weighted by molar-refractivity contribution is 0.0957. The van der Waals surface area contributed by atoms with E-state index in [2.05, 4.69) is 10.4 Å². The second-order valence-corrected chi connectivity index (χ2v) is 6.00. The highest BCUT2D eigenvalue weighted by molar-refractivity contribution is 6.42. The van der Waals surface area contributed by atoms with Crippen LogP contribution in [0.5, 0.6) is 0 Å². The molecule has 0 radical (unpaired) electrons. The minimum Gasteiger partial charge on any atom is -0.354 e. The third-order valence-corrected chi connectivity index (χ3v) is 4.37. The van der Waals surface area contributed by atoms with Gasteiger partial charge in [0.05, 0.1) is 22.0 Å². The Morgan fingerprint density at radius 3 is 2.50 bits per heavy atom. The molecule has 3 aromatic rings. The number of carbonyl (C=O) groups is 1. The highest BCUT2D eigenvalue weighted by atomic mass is 35.5. The number of aromatic nitrogens is 2. The lowest BCUT2D eigenvalue weighted by Crippen LogP contribution is -2.29. The van der Waals surface area contributed by atoms with Crippen LogP contribution in [0.15, 0.2) is 47.3 Å². The van der Waals surface area contributed by atoms with Crippen LogP contribution in [0.25, 0.3) is 10.8 Å². The predicted octanol–water partition coefficient (Wildman–Crippen LogP) is 3.11. The van der Waals surface area contributed by atoms with Crippen molar-refractivity contribution >= 4 is 39.9 Å². The van der Waals surface area contributed by atoms with E-state index < -0.39 is 0 Å². The van der Waals surface area contributed by atoms with Crippen molar-refractivity contribution in [1.82, 2.24) is 15.1 Å². The van der Waals surface area contributed by atoms with Gasteiger partial charge in [-0.15, -0.1) is 0 Å². The van der Waals surface area contributed by atoms with E-state index in [-0.39, 0.29) is 23.7 Å². The molecule has 5 nitrogen and oxygen atoms in total. The first-order valence-corrected chi connectivity index (χ1v) is 7.92. The number of fused-ring (bicyclic) bond motifs is 1. The number of rotatable bonds is 3. The van der Waals surface area contributed by atoms with Crippen LogP contribution in [0.2, 0.25) is 10.0 Å². The summed E-state index contributed by atoms with van der Waals surface area (Å²) in [4.78, 5) is 24.8. The number of amides is 1. The Bertz CT molecular complexity index is 999. The Morgan fingerprint density at radius 1 is 1.12 bits per heavy atom. The normalized spacial score (nSPS) is 10.8. The van der Waals surface area contributed by atoms with Crippen molar-refractivity contribution in [3.05, 3.63) is 74.1 Å². The van der Waals surface area contributed by atoms with Crippen molar-refractivity contribution in [2.45, 2.75) is 6.54 Å². The topological polar surface area (TPSA) is 64.0 Å². The first-order chi connectivity index (χ1) is 11.5. The zero-order valence-electron chi connectivity index (χ0n) is 12.7. The first kappa shape index (κ1) is 16.5. The van der Waals surface area contributed by atoms with Gasteiger partial charge in [0.2, 0.25) is 0 Å². The van der Waals surface area contributed by atoms with Gasteiger partial charge in [-0.2, -0.15) is 5.10 Å². The number of hydrogen-bond donors (Lipinski definition) is 1. The molecule has 24 heavy (non-hydrogen) atoms. The highest BCUT2D eigenvalue weighted by Crippen LogP contribution is 2.23. The third kappa shape index (κ3) is 3.00. The summed E-state index contributed by atoms with van der Waals surface area (Å²) < 4.78 is 1.26.